The molecule has 0 saturated carbocycles. The molecule has 0 N–H and O–H groups in total. The van der Waals surface area contributed by atoms with Crippen molar-refractivity contribution in [1.29, 1.82) is 0 Å². The normalized spacial score (nSPS) is 18.8. The van der Waals surface area contributed by atoms with Gasteiger partial charge >= 0.3 is 0 Å². The van der Waals surface area contributed by atoms with Gasteiger partial charge in [0.1, 0.15) is 0 Å². The Kier molecular flexibility index (Phi) is 5.98. The fraction of sp³-hybridized carbons (Fsp3) is 0.600. The molecule has 1 fully saturated rings. The van der Waals surface area contributed by atoms with Gasteiger partial charge in [-0.15, -0.1) is 0 Å². The predicted molar refractivity (Wildman–Crippen MR) is 81.7 cm³/mol. The van der Waals surface area contributed by atoms with Crippen molar-refractivity contribution in [2.24, 2.45) is 0 Å². The SMILES string of the molecule is CCCN(C[C@@H]1CCCCO1)C(=O)c1cncc(Br)c1. The van der Waals surface area contributed by atoms with Crippen molar-refractivity contribution in [2.45, 2.75) is 38.7 Å². The smallest absolute Gasteiger partial charge is 0.255 e. The maximum atomic E-state index is 12.6. The lowest BCUT2D eigenvalue weighted by Gasteiger charge is -2.29. The van der Waals surface area contributed by atoms with E-state index in [-0.39, 0.29) is 12.0 Å². The summed E-state index contributed by atoms with van der Waals surface area (Å²) in [4.78, 5) is 18.5. The van der Waals surface area contributed by atoms with Crippen LogP contribution in [0.5, 0.6) is 0 Å². The molecule has 0 aromatic carbocycles. The molecule has 0 unspecified atom stereocenters. The van der Waals surface area contributed by atoms with Gasteiger partial charge in [0, 0.05) is 36.6 Å². The van der Waals surface area contributed by atoms with E-state index in [0.717, 1.165) is 36.9 Å². The molecular weight excluding hydrogens is 320 g/mol. The van der Waals surface area contributed by atoms with E-state index in [1.807, 2.05) is 11.0 Å². The van der Waals surface area contributed by atoms with E-state index >= 15 is 0 Å². The molecule has 1 saturated heterocycles. The number of carbonyl (C=O) groups is 1. The molecule has 0 bridgehead atoms. The van der Waals surface area contributed by atoms with E-state index in [4.69, 9.17) is 4.74 Å². The first-order valence-corrected chi connectivity index (χ1v) is 8.01. The Balaban J connectivity index is 2.04. The number of hydrogen-bond donors (Lipinski definition) is 0. The zero-order chi connectivity index (χ0) is 14.4. The molecule has 1 aromatic heterocycles. The Morgan fingerprint density at radius 2 is 2.35 bits per heavy atom. The van der Waals surface area contributed by atoms with Gasteiger partial charge in [0.05, 0.1) is 11.7 Å². The van der Waals surface area contributed by atoms with Crippen molar-refractivity contribution in [3.63, 3.8) is 0 Å². The molecule has 1 aliphatic rings. The molecule has 2 heterocycles. The van der Waals surface area contributed by atoms with E-state index in [2.05, 4.69) is 27.8 Å². The summed E-state index contributed by atoms with van der Waals surface area (Å²) >= 11 is 3.36. The Morgan fingerprint density at radius 1 is 1.50 bits per heavy atom. The summed E-state index contributed by atoms with van der Waals surface area (Å²) in [5.41, 5.74) is 0.628. The first-order chi connectivity index (χ1) is 9.70. The van der Waals surface area contributed by atoms with E-state index < -0.39 is 0 Å². The molecule has 0 radical (unpaired) electrons. The summed E-state index contributed by atoms with van der Waals surface area (Å²) in [5, 5.41) is 0. The second-order valence-electron chi connectivity index (χ2n) is 5.13. The van der Waals surface area contributed by atoms with E-state index in [0.29, 0.717) is 12.1 Å². The number of halogens is 1. The highest BCUT2D eigenvalue weighted by Crippen LogP contribution is 2.17. The second-order valence-corrected chi connectivity index (χ2v) is 6.05. The molecule has 4 nitrogen and oxygen atoms in total. The topological polar surface area (TPSA) is 42.4 Å². The molecule has 2 rings (SSSR count). The lowest BCUT2D eigenvalue weighted by Crippen LogP contribution is -2.40. The predicted octanol–water partition coefficient (Wildman–Crippen LogP) is 3.27. The third kappa shape index (κ3) is 4.28. The zero-order valence-corrected chi connectivity index (χ0v) is 13.4. The van der Waals surface area contributed by atoms with Crippen LogP contribution in [0.15, 0.2) is 22.9 Å². The van der Waals surface area contributed by atoms with Gasteiger partial charge in [0.25, 0.3) is 5.91 Å². The van der Waals surface area contributed by atoms with Gasteiger partial charge in [0.15, 0.2) is 0 Å². The van der Waals surface area contributed by atoms with Crippen molar-refractivity contribution >= 4 is 21.8 Å². The van der Waals surface area contributed by atoms with E-state index in [9.17, 15) is 4.79 Å². The Morgan fingerprint density at radius 3 is 3.00 bits per heavy atom. The summed E-state index contributed by atoms with van der Waals surface area (Å²) in [5.74, 6) is 0.0369. The van der Waals surface area contributed by atoms with Gasteiger partial charge in [-0.3, -0.25) is 9.78 Å². The van der Waals surface area contributed by atoms with Crippen LogP contribution in [0.3, 0.4) is 0 Å². The lowest BCUT2D eigenvalue weighted by atomic mass is 10.1. The van der Waals surface area contributed by atoms with Crippen LogP contribution >= 0.6 is 15.9 Å². The molecule has 1 atom stereocenters. The fourth-order valence-corrected chi connectivity index (χ4v) is 2.82. The molecule has 1 aliphatic heterocycles. The van der Waals surface area contributed by atoms with Gasteiger partial charge in [-0.2, -0.15) is 0 Å². The second kappa shape index (κ2) is 7.74. The van der Waals surface area contributed by atoms with E-state index in [1.165, 1.54) is 6.42 Å². The number of rotatable bonds is 5. The maximum absolute atomic E-state index is 12.6. The third-order valence-corrected chi connectivity index (χ3v) is 3.86. The first-order valence-electron chi connectivity index (χ1n) is 7.22. The van der Waals surface area contributed by atoms with Crippen molar-refractivity contribution < 1.29 is 9.53 Å². The largest absolute Gasteiger partial charge is 0.376 e. The van der Waals surface area contributed by atoms with Gasteiger partial charge < -0.3 is 9.64 Å². The lowest BCUT2D eigenvalue weighted by molar-refractivity contribution is -0.00384. The summed E-state index contributed by atoms with van der Waals surface area (Å²) in [6, 6.07) is 1.82. The van der Waals surface area contributed by atoms with Gasteiger partial charge in [0.2, 0.25) is 0 Å². The Hall–Kier alpha value is -0.940. The summed E-state index contributed by atoms with van der Waals surface area (Å²) in [6.07, 6.45) is 7.80. The number of hydrogen-bond acceptors (Lipinski definition) is 3. The summed E-state index contributed by atoms with van der Waals surface area (Å²) in [6.45, 7) is 4.34. The Bertz CT molecular complexity index is 447. The molecule has 0 spiro atoms. The van der Waals surface area contributed by atoms with Crippen LogP contribution in [0.25, 0.3) is 0 Å². The minimum Gasteiger partial charge on any atom is -0.376 e. The highest BCUT2D eigenvalue weighted by atomic mass is 79.9. The van der Waals surface area contributed by atoms with Gasteiger partial charge in [-0.05, 0) is 47.7 Å². The molecule has 0 aliphatic carbocycles. The summed E-state index contributed by atoms with van der Waals surface area (Å²) < 4.78 is 6.57. The number of pyridine rings is 1. The fourth-order valence-electron chi connectivity index (χ4n) is 2.45. The van der Waals surface area contributed by atoms with Crippen molar-refractivity contribution in [1.82, 2.24) is 9.88 Å². The van der Waals surface area contributed by atoms with Crippen LogP contribution in [0.1, 0.15) is 43.0 Å². The van der Waals surface area contributed by atoms with Crippen LogP contribution in [0.2, 0.25) is 0 Å². The van der Waals surface area contributed by atoms with Crippen LogP contribution in [-0.4, -0.2) is 41.6 Å². The molecule has 20 heavy (non-hydrogen) atoms. The number of carbonyl (C=O) groups excluding carboxylic acids is 1. The molecular formula is C15H21BrN2O2. The number of amides is 1. The number of ether oxygens (including phenoxy) is 1. The van der Waals surface area contributed by atoms with Crippen molar-refractivity contribution in [3.05, 3.63) is 28.5 Å². The quantitative estimate of drug-likeness (QED) is 0.826. The molecule has 110 valence electrons. The number of aromatic nitrogens is 1. The average molecular weight is 341 g/mol. The molecule has 5 heteroatoms. The third-order valence-electron chi connectivity index (χ3n) is 3.43. The van der Waals surface area contributed by atoms with Crippen LogP contribution in [-0.2, 0) is 4.74 Å². The average Bonchev–Trinajstić information content (AvgIpc) is 2.47. The minimum atomic E-state index is 0.0369. The van der Waals surface area contributed by atoms with E-state index in [1.54, 1.807) is 12.4 Å². The van der Waals surface area contributed by atoms with Crippen LogP contribution in [0.4, 0.5) is 0 Å². The van der Waals surface area contributed by atoms with Crippen molar-refractivity contribution in [3.8, 4) is 0 Å². The molecule has 1 aromatic rings. The van der Waals surface area contributed by atoms with Crippen LogP contribution < -0.4 is 0 Å². The first kappa shape index (κ1) is 15.4. The maximum Gasteiger partial charge on any atom is 0.255 e. The monoisotopic (exact) mass is 340 g/mol. The van der Waals surface area contributed by atoms with Crippen molar-refractivity contribution in [2.75, 3.05) is 19.7 Å². The Labute approximate surface area is 128 Å². The molecule has 1 amide bonds. The van der Waals surface area contributed by atoms with Gasteiger partial charge in [-0.1, -0.05) is 6.92 Å². The number of nitrogens with zero attached hydrogens (tertiary/aromatic N) is 2. The minimum absolute atomic E-state index is 0.0369. The summed E-state index contributed by atoms with van der Waals surface area (Å²) in [7, 11) is 0. The van der Waals surface area contributed by atoms with Gasteiger partial charge in [-0.25, -0.2) is 0 Å². The highest BCUT2D eigenvalue weighted by molar-refractivity contribution is 9.10. The zero-order valence-electron chi connectivity index (χ0n) is 11.8. The van der Waals surface area contributed by atoms with Crippen LogP contribution in [0, 0.1) is 0 Å². The standard InChI is InChI=1S/C15H21BrN2O2/c1-2-6-18(11-14-5-3-4-7-20-14)15(19)12-8-13(16)10-17-9-12/h8-10,14H,2-7,11H2,1H3/t14-/m0/s1. The highest BCUT2D eigenvalue weighted by Gasteiger charge is 2.22.